The third kappa shape index (κ3) is 4.12. The Morgan fingerprint density at radius 2 is 1.97 bits per heavy atom. The van der Waals surface area contributed by atoms with E-state index in [1.54, 1.807) is 7.05 Å². The lowest BCUT2D eigenvalue weighted by atomic mass is 9.99. The lowest BCUT2D eigenvalue weighted by Crippen LogP contribution is -2.35. The molecule has 29 heavy (non-hydrogen) atoms. The Morgan fingerprint density at radius 1 is 1.14 bits per heavy atom. The van der Waals surface area contributed by atoms with Gasteiger partial charge < -0.3 is 14.5 Å². The summed E-state index contributed by atoms with van der Waals surface area (Å²) in [5.74, 6) is 1.04. The third-order valence-electron chi connectivity index (χ3n) is 5.92. The average molecular weight is 392 g/mol. The predicted octanol–water partition coefficient (Wildman–Crippen LogP) is 3.36. The monoisotopic (exact) mass is 391 g/mol. The molecule has 1 aromatic carbocycles. The van der Waals surface area contributed by atoms with Crippen LogP contribution in [0.1, 0.15) is 52.9 Å². The second kappa shape index (κ2) is 8.66. The molecule has 2 aromatic heterocycles. The summed E-state index contributed by atoms with van der Waals surface area (Å²) in [6.45, 7) is 2.69. The van der Waals surface area contributed by atoms with Crippen LogP contribution in [-0.2, 0) is 20.1 Å². The maximum atomic E-state index is 12.1. The van der Waals surface area contributed by atoms with Crippen molar-refractivity contribution < 1.29 is 4.79 Å². The molecule has 4 rings (SSSR count). The van der Waals surface area contributed by atoms with Gasteiger partial charge in [-0.1, -0.05) is 36.8 Å². The van der Waals surface area contributed by atoms with Gasteiger partial charge in [-0.05, 0) is 37.1 Å². The SMILES string of the molecule is CNC(=O)c1ccc(C2CCCCN2Cc2nccn2Cc2ccccc2)n1C. The minimum absolute atomic E-state index is 0.0421. The highest BCUT2D eigenvalue weighted by Crippen LogP contribution is 2.32. The highest BCUT2D eigenvalue weighted by Gasteiger charge is 2.28. The molecule has 1 fully saturated rings. The molecule has 3 aromatic rings. The van der Waals surface area contributed by atoms with Gasteiger partial charge >= 0.3 is 0 Å². The number of nitrogens with one attached hydrogen (secondary N) is 1. The number of likely N-dealkylation sites (tertiary alicyclic amines) is 1. The fraction of sp³-hybridized carbons (Fsp3) is 0.391. The fourth-order valence-electron chi connectivity index (χ4n) is 4.33. The zero-order chi connectivity index (χ0) is 20.2. The molecule has 0 bridgehead atoms. The van der Waals surface area contributed by atoms with Gasteiger partial charge in [-0.25, -0.2) is 4.98 Å². The lowest BCUT2D eigenvalue weighted by molar-refractivity contribution is 0.0952. The minimum atomic E-state index is -0.0421. The highest BCUT2D eigenvalue weighted by molar-refractivity contribution is 5.92. The fourth-order valence-corrected chi connectivity index (χ4v) is 4.33. The molecule has 0 aliphatic carbocycles. The number of benzene rings is 1. The van der Waals surface area contributed by atoms with E-state index in [4.69, 9.17) is 0 Å². The molecule has 1 amide bonds. The van der Waals surface area contributed by atoms with Gasteiger partial charge in [-0.2, -0.15) is 0 Å². The van der Waals surface area contributed by atoms with Crippen LogP contribution in [0.15, 0.2) is 54.9 Å². The first-order valence-corrected chi connectivity index (χ1v) is 10.3. The number of carbonyl (C=O) groups is 1. The molecule has 0 saturated carbocycles. The van der Waals surface area contributed by atoms with Gasteiger partial charge in [0.2, 0.25) is 0 Å². The van der Waals surface area contributed by atoms with Gasteiger partial charge in [0.1, 0.15) is 11.5 Å². The summed E-state index contributed by atoms with van der Waals surface area (Å²) >= 11 is 0. The van der Waals surface area contributed by atoms with Crippen LogP contribution in [-0.4, -0.2) is 38.5 Å². The molecule has 1 saturated heterocycles. The Bertz CT molecular complexity index is 959. The van der Waals surface area contributed by atoms with E-state index in [0.717, 1.165) is 31.9 Å². The predicted molar refractivity (Wildman–Crippen MR) is 114 cm³/mol. The molecule has 1 unspecified atom stereocenters. The number of amides is 1. The summed E-state index contributed by atoms with van der Waals surface area (Å²) in [6, 6.07) is 14.8. The summed E-state index contributed by atoms with van der Waals surface area (Å²) in [4.78, 5) is 19.3. The number of piperidine rings is 1. The number of imidazole rings is 1. The molecule has 1 aliphatic rings. The van der Waals surface area contributed by atoms with Crippen molar-refractivity contribution in [2.45, 2.75) is 38.4 Å². The molecule has 0 spiro atoms. The molecule has 6 heteroatoms. The topological polar surface area (TPSA) is 55.1 Å². The number of hydrogen-bond donors (Lipinski definition) is 1. The van der Waals surface area contributed by atoms with Crippen molar-refractivity contribution in [3.05, 3.63) is 77.6 Å². The minimum Gasteiger partial charge on any atom is -0.354 e. The van der Waals surface area contributed by atoms with Crippen LogP contribution in [0.25, 0.3) is 0 Å². The normalized spacial score (nSPS) is 17.4. The molecule has 3 heterocycles. The van der Waals surface area contributed by atoms with Gasteiger partial charge in [0.25, 0.3) is 5.91 Å². The van der Waals surface area contributed by atoms with E-state index in [1.165, 1.54) is 24.1 Å². The molecule has 1 atom stereocenters. The molecular weight excluding hydrogens is 362 g/mol. The van der Waals surface area contributed by atoms with Crippen LogP contribution in [0.4, 0.5) is 0 Å². The molecule has 0 radical (unpaired) electrons. The van der Waals surface area contributed by atoms with Gasteiger partial charge in [-0.15, -0.1) is 0 Å². The van der Waals surface area contributed by atoms with Crippen molar-refractivity contribution in [2.75, 3.05) is 13.6 Å². The third-order valence-corrected chi connectivity index (χ3v) is 5.92. The zero-order valence-corrected chi connectivity index (χ0v) is 17.2. The van der Waals surface area contributed by atoms with Crippen molar-refractivity contribution in [1.82, 2.24) is 24.3 Å². The molecule has 6 nitrogen and oxygen atoms in total. The quantitative estimate of drug-likeness (QED) is 0.701. The van der Waals surface area contributed by atoms with Crippen LogP contribution in [0, 0.1) is 0 Å². The first kappa shape index (κ1) is 19.5. The Balaban J connectivity index is 1.55. The second-order valence-electron chi connectivity index (χ2n) is 7.72. The van der Waals surface area contributed by atoms with Gasteiger partial charge in [0.15, 0.2) is 0 Å². The average Bonchev–Trinajstić information content (AvgIpc) is 3.35. The van der Waals surface area contributed by atoms with E-state index in [1.807, 2.05) is 29.9 Å². The van der Waals surface area contributed by atoms with Crippen molar-refractivity contribution in [3.8, 4) is 0 Å². The number of nitrogens with zero attached hydrogens (tertiary/aromatic N) is 4. The van der Waals surface area contributed by atoms with E-state index in [2.05, 4.69) is 56.3 Å². The van der Waals surface area contributed by atoms with Gasteiger partial charge in [0, 0.05) is 38.7 Å². The van der Waals surface area contributed by atoms with Crippen molar-refractivity contribution in [1.29, 1.82) is 0 Å². The Kier molecular flexibility index (Phi) is 5.81. The van der Waals surface area contributed by atoms with Gasteiger partial charge in [0.05, 0.1) is 12.6 Å². The molecule has 1 N–H and O–H groups in total. The van der Waals surface area contributed by atoms with E-state index in [0.29, 0.717) is 11.7 Å². The van der Waals surface area contributed by atoms with E-state index < -0.39 is 0 Å². The summed E-state index contributed by atoms with van der Waals surface area (Å²) in [7, 11) is 3.66. The lowest BCUT2D eigenvalue weighted by Gasteiger charge is -2.36. The van der Waals surface area contributed by atoms with Crippen molar-refractivity contribution >= 4 is 5.91 Å². The largest absolute Gasteiger partial charge is 0.354 e. The number of rotatable bonds is 6. The van der Waals surface area contributed by atoms with Crippen LogP contribution >= 0.6 is 0 Å². The summed E-state index contributed by atoms with van der Waals surface area (Å²) < 4.78 is 4.28. The Morgan fingerprint density at radius 3 is 2.76 bits per heavy atom. The maximum absolute atomic E-state index is 12.1. The smallest absolute Gasteiger partial charge is 0.267 e. The van der Waals surface area contributed by atoms with Crippen molar-refractivity contribution in [3.63, 3.8) is 0 Å². The first-order valence-electron chi connectivity index (χ1n) is 10.3. The summed E-state index contributed by atoms with van der Waals surface area (Å²) in [6.07, 6.45) is 7.46. The molecule has 152 valence electrons. The maximum Gasteiger partial charge on any atom is 0.267 e. The Hall–Kier alpha value is -2.86. The van der Waals surface area contributed by atoms with Crippen LogP contribution in [0.3, 0.4) is 0 Å². The highest BCUT2D eigenvalue weighted by atomic mass is 16.1. The van der Waals surface area contributed by atoms with Crippen LogP contribution in [0.5, 0.6) is 0 Å². The first-order chi connectivity index (χ1) is 14.2. The van der Waals surface area contributed by atoms with E-state index in [9.17, 15) is 4.79 Å². The summed E-state index contributed by atoms with van der Waals surface area (Å²) in [5.41, 5.74) is 3.18. The van der Waals surface area contributed by atoms with E-state index >= 15 is 0 Å². The standard InChI is InChI=1S/C23H29N5O/c1-24-23(29)21-12-11-19(26(21)2)20-10-6-7-14-27(20)17-22-25-13-15-28(22)16-18-8-4-3-5-9-18/h3-5,8-9,11-13,15,20H,6-7,10,14,16-17H2,1-2H3,(H,24,29). The molecule has 1 aliphatic heterocycles. The van der Waals surface area contributed by atoms with E-state index in [-0.39, 0.29) is 5.91 Å². The zero-order valence-electron chi connectivity index (χ0n) is 17.2. The second-order valence-corrected chi connectivity index (χ2v) is 7.72. The van der Waals surface area contributed by atoms with Gasteiger partial charge in [-0.3, -0.25) is 9.69 Å². The Labute approximate surface area is 172 Å². The number of aromatic nitrogens is 3. The molecular formula is C23H29N5O. The van der Waals surface area contributed by atoms with Crippen LogP contribution < -0.4 is 5.32 Å². The van der Waals surface area contributed by atoms with Crippen molar-refractivity contribution in [2.24, 2.45) is 7.05 Å². The summed E-state index contributed by atoms with van der Waals surface area (Å²) in [5, 5.41) is 2.73. The number of carbonyl (C=O) groups excluding carboxylic acids is 1. The van der Waals surface area contributed by atoms with Crippen LogP contribution in [0.2, 0.25) is 0 Å². The number of hydrogen-bond acceptors (Lipinski definition) is 3.